The van der Waals surface area contributed by atoms with Crippen molar-refractivity contribution in [2.45, 2.75) is 38.0 Å². The molecule has 1 unspecified atom stereocenters. The van der Waals surface area contributed by atoms with Crippen LogP contribution < -0.4 is 5.32 Å². The van der Waals surface area contributed by atoms with Crippen LogP contribution in [0.5, 0.6) is 0 Å². The molecule has 0 saturated carbocycles. The van der Waals surface area contributed by atoms with Crippen LogP contribution in [0.1, 0.15) is 53.3 Å². The van der Waals surface area contributed by atoms with Gasteiger partial charge in [0.2, 0.25) is 5.91 Å². The SMILES string of the molecule is C[C@H](c1ccccc1)N1C(=O)c2ccc(F)cc2C1C(=O)NCCCC(F)(F)F. The molecule has 1 aliphatic rings. The number of fused-ring (bicyclic) bond motifs is 1. The van der Waals surface area contributed by atoms with E-state index in [-0.39, 0.29) is 24.1 Å². The Kier molecular flexibility index (Phi) is 5.91. The summed E-state index contributed by atoms with van der Waals surface area (Å²) in [5.74, 6) is -1.65. The van der Waals surface area contributed by atoms with Crippen molar-refractivity contribution < 1.29 is 27.2 Å². The summed E-state index contributed by atoms with van der Waals surface area (Å²) in [4.78, 5) is 27.1. The summed E-state index contributed by atoms with van der Waals surface area (Å²) in [6.45, 7) is 1.56. The number of hydrogen-bond acceptors (Lipinski definition) is 2. The van der Waals surface area contributed by atoms with Crippen LogP contribution in [-0.4, -0.2) is 29.4 Å². The van der Waals surface area contributed by atoms with E-state index in [1.54, 1.807) is 31.2 Å². The fourth-order valence-electron chi connectivity index (χ4n) is 3.52. The van der Waals surface area contributed by atoms with Gasteiger partial charge in [-0.15, -0.1) is 0 Å². The molecule has 1 heterocycles. The Morgan fingerprint density at radius 3 is 2.52 bits per heavy atom. The van der Waals surface area contributed by atoms with Crippen molar-refractivity contribution in [3.8, 4) is 0 Å². The van der Waals surface area contributed by atoms with E-state index in [4.69, 9.17) is 0 Å². The lowest BCUT2D eigenvalue weighted by Gasteiger charge is -2.31. The molecule has 3 rings (SSSR count). The van der Waals surface area contributed by atoms with Gasteiger partial charge < -0.3 is 10.2 Å². The maximum Gasteiger partial charge on any atom is 0.389 e. The summed E-state index contributed by atoms with van der Waals surface area (Å²) in [7, 11) is 0. The number of benzene rings is 2. The van der Waals surface area contributed by atoms with Gasteiger partial charge in [-0.3, -0.25) is 9.59 Å². The van der Waals surface area contributed by atoms with Crippen molar-refractivity contribution in [1.82, 2.24) is 10.2 Å². The van der Waals surface area contributed by atoms with Gasteiger partial charge in [-0.25, -0.2) is 4.39 Å². The largest absolute Gasteiger partial charge is 0.389 e. The molecule has 2 amide bonds. The lowest BCUT2D eigenvalue weighted by Crippen LogP contribution is -2.40. The Morgan fingerprint density at radius 1 is 1.17 bits per heavy atom. The van der Waals surface area contributed by atoms with Crippen LogP contribution in [0.25, 0.3) is 0 Å². The van der Waals surface area contributed by atoms with Crippen molar-refractivity contribution in [1.29, 1.82) is 0 Å². The van der Waals surface area contributed by atoms with E-state index in [1.807, 2.05) is 6.07 Å². The maximum atomic E-state index is 13.8. The molecule has 0 radical (unpaired) electrons. The molecule has 1 N–H and O–H groups in total. The van der Waals surface area contributed by atoms with Crippen LogP contribution >= 0.6 is 0 Å². The summed E-state index contributed by atoms with van der Waals surface area (Å²) in [5, 5.41) is 2.46. The van der Waals surface area contributed by atoms with Gasteiger partial charge in [-0.1, -0.05) is 30.3 Å². The Labute approximate surface area is 165 Å². The summed E-state index contributed by atoms with van der Waals surface area (Å²) in [6, 6.07) is 11.0. The summed E-state index contributed by atoms with van der Waals surface area (Å²) in [6.07, 6.45) is -5.61. The third-order valence-electron chi connectivity index (χ3n) is 4.94. The summed E-state index contributed by atoms with van der Waals surface area (Å²) >= 11 is 0. The lowest BCUT2D eigenvalue weighted by atomic mass is 10.0. The van der Waals surface area contributed by atoms with E-state index in [9.17, 15) is 27.2 Å². The summed E-state index contributed by atoms with van der Waals surface area (Å²) in [5.41, 5.74) is 1.21. The van der Waals surface area contributed by atoms with Crippen LogP contribution in [0.2, 0.25) is 0 Å². The van der Waals surface area contributed by atoms with Gasteiger partial charge in [0.1, 0.15) is 11.9 Å². The molecule has 0 aliphatic carbocycles. The van der Waals surface area contributed by atoms with Gasteiger partial charge in [-0.05, 0) is 42.7 Å². The second-order valence-electron chi connectivity index (χ2n) is 6.94. The molecule has 154 valence electrons. The van der Waals surface area contributed by atoms with E-state index in [0.29, 0.717) is 0 Å². The molecule has 0 bridgehead atoms. The van der Waals surface area contributed by atoms with E-state index in [0.717, 1.165) is 17.7 Å². The minimum absolute atomic E-state index is 0.193. The van der Waals surface area contributed by atoms with E-state index in [1.165, 1.54) is 11.0 Å². The third-order valence-corrected chi connectivity index (χ3v) is 4.94. The number of nitrogens with one attached hydrogen (secondary N) is 1. The highest BCUT2D eigenvalue weighted by Gasteiger charge is 2.43. The van der Waals surface area contributed by atoms with Crippen molar-refractivity contribution in [2.24, 2.45) is 0 Å². The highest BCUT2D eigenvalue weighted by atomic mass is 19.4. The van der Waals surface area contributed by atoms with E-state index >= 15 is 0 Å². The number of carbonyl (C=O) groups excluding carboxylic acids is 2. The lowest BCUT2D eigenvalue weighted by molar-refractivity contribution is -0.136. The smallest absolute Gasteiger partial charge is 0.354 e. The second kappa shape index (κ2) is 8.23. The molecular formula is C21H20F4N2O2. The number of nitrogens with zero attached hydrogens (tertiary/aromatic N) is 1. The van der Waals surface area contributed by atoms with Crippen molar-refractivity contribution >= 4 is 11.8 Å². The first-order valence-electron chi connectivity index (χ1n) is 9.20. The second-order valence-corrected chi connectivity index (χ2v) is 6.94. The molecule has 0 spiro atoms. The van der Waals surface area contributed by atoms with Crippen LogP contribution in [0.4, 0.5) is 17.6 Å². The van der Waals surface area contributed by atoms with Crippen molar-refractivity contribution in [3.05, 3.63) is 71.0 Å². The van der Waals surface area contributed by atoms with E-state index in [2.05, 4.69) is 5.32 Å². The number of hydrogen-bond donors (Lipinski definition) is 1. The number of halogens is 4. The zero-order valence-electron chi connectivity index (χ0n) is 15.7. The number of rotatable bonds is 6. The molecule has 1 aliphatic heterocycles. The first-order chi connectivity index (χ1) is 13.7. The zero-order valence-corrected chi connectivity index (χ0v) is 15.7. The Balaban J connectivity index is 1.86. The molecule has 2 aromatic carbocycles. The van der Waals surface area contributed by atoms with E-state index < -0.39 is 42.3 Å². The molecule has 0 aromatic heterocycles. The van der Waals surface area contributed by atoms with Crippen LogP contribution in [0, 0.1) is 5.82 Å². The molecule has 29 heavy (non-hydrogen) atoms. The highest BCUT2D eigenvalue weighted by Crippen LogP contribution is 2.40. The molecule has 4 nitrogen and oxygen atoms in total. The van der Waals surface area contributed by atoms with Crippen LogP contribution in [-0.2, 0) is 4.79 Å². The monoisotopic (exact) mass is 408 g/mol. The maximum absolute atomic E-state index is 13.8. The van der Waals surface area contributed by atoms with Gasteiger partial charge >= 0.3 is 6.18 Å². The first-order valence-corrected chi connectivity index (χ1v) is 9.20. The topological polar surface area (TPSA) is 49.4 Å². The van der Waals surface area contributed by atoms with Gasteiger partial charge in [0.15, 0.2) is 0 Å². The Morgan fingerprint density at radius 2 is 1.86 bits per heavy atom. The Hall–Kier alpha value is -2.90. The Bertz CT molecular complexity index is 899. The van der Waals surface area contributed by atoms with Gasteiger partial charge in [0.25, 0.3) is 5.91 Å². The number of alkyl halides is 3. The molecule has 2 atom stereocenters. The highest BCUT2D eigenvalue weighted by molar-refractivity contribution is 6.05. The normalized spacial score (nSPS) is 17.2. The predicted octanol–water partition coefficient (Wildman–Crippen LogP) is 4.54. The molecule has 0 saturated heterocycles. The minimum atomic E-state index is -4.31. The zero-order chi connectivity index (χ0) is 21.2. The summed E-state index contributed by atoms with van der Waals surface area (Å²) < 4.78 is 50.8. The number of carbonyl (C=O) groups is 2. The standard InChI is InChI=1S/C21H20F4N2O2/c1-13(14-6-3-2-4-7-14)27-18(19(28)26-11-5-10-21(23,24)25)17-12-15(22)8-9-16(17)20(27)29/h2-4,6-9,12-13,18H,5,10-11H2,1H3,(H,26,28)/t13-,18?/m1/s1. The molecule has 0 fully saturated rings. The van der Waals surface area contributed by atoms with Crippen LogP contribution in [0.3, 0.4) is 0 Å². The van der Waals surface area contributed by atoms with Crippen molar-refractivity contribution in [3.63, 3.8) is 0 Å². The quantitative estimate of drug-likeness (QED) is 0.564. The molecule has 8 heteroatoms. The van der Waals surface area contributed by atoms with Gasteiger partial charge in [0.05, 0.1) is 6.04 Å². The fourth-order valence-corrected chi connectivity index (χ4v) is 3.52. The minimum Gasteiger partial charge on any atom is -0.354 e. The van der Waals surface area contributed by atoms with Crippen LogP contribution in [0.15, 0.2) is 48.5 Å². The number of amides is 2. The average molecular weight is 408 g/mol. The molecule has 2 aromatic rings. The molecular weight excluding hydrogens is 388 g/mol. The first kappa shape index (κ1) is 20.8. The predicted molar refractivity (Wildman–Crippen MR) is 98.5 cm³/mol. The van der Waals surface area contributed by atoms with Gasteiger partial charge in [-0.2, -0.15) is 13.2 Å². The average Bonchev–Trinajstić information content (AvgIpc) is 2.96. The van der Waals surface area contributed by atoms with Gasteiger partial charge in [0, 0.05) is 18.5 Å². The van der Waals surface area contributed by atoms with Crippen molar-refractivity contribution in [2.75, 3.05) is 6.54 Å². The fraction of sp³-hybridized carbons (Fsp3) is 0.333. The third kappa shape index (κ3) is 4.58.